The predicted octanol–water partition coefficient (Wildman–Crippen LogP) is 3.73. The molecule has 1 unspecified atom stereocenters. The number of thiophene rings is 1. The van der Waals surface area contributed by atoms with E-state index in [1.54, 1.807) is 17.4 Å². The fraction of sp³-hybridized carbons (Fsp3) is 0.286. The monoisotopic (exact) mass is 265 g/mol. The van der Waals surface area contributed by atoms with Gasteiger partial charge in [0.25, 0.3) is 0 Å². The Kier molecular flexibility index (Phi) is 2.92. The number of nitrogens with one attached hydrogen (secondary N) is 1. The molecule has 1 N–H and O–H groups in total. The fourth-order valence-corrected chi connectivity index (χ4v) is 3.52. The van der Waals surface area contributed by atoms with Crippen LogP contribution in [0.1, 0.15) is 17.4 Å². The van der Waals surface area contributed by atoms with Crippen LogP contribution in [0.25, 0.3) is 10.4 Å². The molecule has 1 aromatic carbocycles. The molecule has 94 valence electrons. The van der Waals surface area contributed by atoms with Gasteiger partial charge in [-0.3, -0.25) is 0 Å². The number of benzene rings is 1. The molecule has 4 heteroatoms. The summed E-state index contributed by atoms with van der Waals surface area (Å²) >= 11 is 1.68. The Morgan fingerprint density at radius 1 is 1.22 bits per heavy atom. The molecule has 1 nitrogen and oxygen atoms in total. The average Bonchev–Trinajstić information content (AvgIpc) is 2.75. The zero-order valence-corrected chi connectivity index (χ0v) is 10.8. The van der Waals surface area contributed by atoms with Crippen LogP contribution in [0.15, 0.2) is 24.3 Å². The fourth-order valence-electron chi connectivity index (χ4n) is 2.21. The number of hydrogen-bond donors (Lipinski definition) is 1. The van der Waals surface area contributed by atoms with E-state index in [1.165, 1.54) is 22.6 Å². The maximum absolute atomic E-state index is 13.2. The van der Waals surface area contributed by atoms with Crippen molar-refractivity contribution in [1.29, 1.82) is 0 Å². The van der Waals surface area contributed by atoms with Crippen LogP contribution in [0.4, 0.5) is 8.78 Å². The number of fused-ring (bicyclic) bond motifs is 1. The Morgan fingerprint density at radius 2 is 2.06 bits per heavy atom. The molecular weight excluding hydrogens is 252 g/mol. The van der Waals surface area contributed by atoms with Gasteiger partial charge in [-0.25, -0.2) is 8.78 Å². The van der Waals surface area contributed by atoms with E-state index in [2.05, 4.69) is 18.3 Å². The van der Waals surface area contributed by atoms with Crippen LogP contribution in [0.5, 0.6) is 0 Å². The van der Waals surface area contributed by atoms with Gasteiger partial charge < -0.3 is 5.32 Å². The summed E-state index contributed by atoms with van der Waals surface area (Å²) in [4.78, 5) is 2.36. The van der Waals surface area contributed by atoms with E-state index in [0.29, 0.717) is 6.04 Å². The summed E-state index contributed by atoms with van der Waals surface area (Å²) in [6, 6.07) is 6.64. The normalized spacial score (nSPS) is 18.7. The first-order chi connectivity index (χ1) is 8.63. The maximum atomic E-state index is 13.2. The Labute approximate surface area is 108 Å². The van der Waals surface area contributed by atoms with Crippen LogP contribution in [0.2, 0.25) is 0 Å². The maximum Gasteiger partial charge on any atom is 0.159 e. The van der Waals surface area contributed by atoms with Crippen LogP contribution in [0, 0.1) is 11.6 Å². The molecule has 2 aromatic rings. The quantitative estimate of drug-likeness (QED) is 0.828. The minimum atomic E-state index is -0.796. The lowest BCUT2D eigenvalue weighted by atomic mass is 10.0. The van der Waals surface area contributed by atoms with Gasteiger partial charge in [-0.15, -0.1) is 11.3 Å². The highest BCUT2D eigenvalue weighted by Gasteiger charge is 2.18. The summed E-state index contributed by atoms with van der Waals surface area (Å²) in [7, 11) is 0. The van der Waals surface area contributed by atoms with E-state index >= 15 is 0 Å². The SMILES string of the molecule is CC1Cc2sc(-c3ccc(F)c(F)c3)cc2CN1. The van der Waals surface area contributed by atoms with Crippen molar-refractivity contribution >= 4 is 11.3 Å². The average molecular weight is 265 g/mol. The second-order valence-corrected chi connectivity index (χ2v) is 5.81. The highest BCUT2D eigenvalue weighted by molar-refractivity contribution is 7.15. The summed E-state index contributed by atoms with van der Waals surface area (Å²) in [5.41, 5.74) is 2.03. The van der Waals surface area contributed by atoms with Gasteiger partial charge in [-0.1, -0.05) is 6.07 Å². The summed E-state index contributed by atoms with van der Waals surface area (Å²) in [6.07, 6.45) is 1.00. The molecule has 1 aliphatic rings. The third kappa shape index (κ3) is 2.06. The van der Waals surface area contributed by atoms with E-state index in [9.17, 15) is 8.78 Å². The zero-order valence-electron chi connectivity index (χ0n) is 9.97. The first kappa shape index (κ1) is 11.8. The Balaban J connectivity index is 2.00. The molecular formula is C14H13F2NS. The Bertz CT molecular complexity index is 591. The zero-order chi connectivity index (χ0) is 12.7. The van der Waals surface area contributed by atoms with Gasteiger partial charge in [-0.2, -0.15) is 0 Å². The van der Waals surface area contributed by atoms with Gasteiger partial charge in [0.05, 0.1) is 0 Å². The summed E-state index contributed by atoms with van der Waals surface area (Å²) in [5.74, 6) is -1.58. The molecule has 1 aromatic heterocycles. The van der Waals surface area contributed by atoms with Gasteiger partial charge in [0, 0.05) is 22.3 Å². The van der Waals surface area contributed by atoms with Crippen LogP contribution in [-0.2, 0) is 13.0 Å². The van der Waals surface area contributed by atoms with Gasteiger partial charge in [0.2, 0.25) is 0 Å². The molecule has 0 radical (unpaired) electrons. The third-order valence-electron chi connectivity index (χ3n) is 3.23. The molecule has 0 saturated carbocycles. The van der Waals surface area contributed by atoms with Gasteiger partial charge >= 0.3 is 0 Å². The third-order valence-corrected chi connectivity index (χ3v) is 4.48. The van der Waals surface area contributed by atoms with Crippen molar-refractivity contribution in [3.8, 4) is 10.4 Å². The van der Waals surface area contributed by atoms with Crippen LogP contribution in [-0.4, -0.2) is 6.04 Å². The van der Waals surface area contributed by atoms with Crippen molar-refractivity contribution < 1.29 is 8.78 Å². The molecule has 0 amide bonds. The molecule has 0 saturated heterocycles. The van der Waals surface area contributed by atoms with Gasteiger partial charge in [0.15, 0.2) is 11.6 Å². The van der Waals surface area contributed by atoms with Crippen molar-refractivity contribution in [3.63, 3.8) is 0 Å². The van der Waals surface area contributed by atoms with E-state index in [0.717, 1.165) is 23.4 Å². The first-order valence-electron chi connectivity index (χ1n) is 5.94. The summed E-state index contributed by atoms with van der Waals surface area (Å²) < 4.78 is 26.1. The molecule has 2 heterocycles. The minimum absolute atomic E-state index is 0.481. The second kappa shape index (κ2) is 4.44. The second-order valence-electron chi connectivity index (χ2n) is 4.67. The summed E-state index contributed by atoms with van der Waals surface area (Å²) in [6.45, 7) is 3.01. The first-order valence-corrected chi connectivity index (χ1v) is 6.75. The number of rotatable bonds is 1. The summed E-state index contributed by atoms with van der Waals surface area (Å²) in [5, 5.41) is 3.40. The van der Waals surface area contributed by atoms with Gasteiger partial charge in [-0.05, 0) is 42.7 Å². The molecule has 1 atom stereocenters. The molecule has 0 spiro atoms. The topological polar surface area (TPSA) is 12.0 Å². The van der Waals surface area contributed by atoms with Crippen molar-refractivity contribution in [1.82, 2.24) is 5.32 Å². The van der Waals surface area contributed by atoms with Crippen LogP contribution >= 0.6 is 11.3 Å². The highest BCUT2D eigenvalue weighted by atomic mass is 32.1. The van der Waals surface area contributed by atoms with Crippen LogP contribution < -0.4 is 5.32 Å². The number of halogens is 2. The molecule has 0 aliphatic carbocycles. The standard InChI is InChI=1S/C14H13F2NS/c1-8-4-13-10(7-17-8)6-14(18-13)9-2-3-11(15)12(16)5-9/h2-3,5-6,8,17H,4,7H2,1H3. The predicted molar refractivity (Wildman–Crippen MR) is 69.7 cm³/mol. The van der Waals surface area contributed by atoms with Crippen molar-refractivity contribution in [3.05, 3.63) is 46.3 Å². The molecule has 3 rings (SSSR count). The lowest BCUT2D eigenvalue weighted by molar-refractivity contribution is 0.509. The molecule has 1 aliphatic heterocycles. The van der Waals surface area contributed by atoms with Crippen molar-refractivity contribution in [2.24, 2.45) is 0 Å². The highest BCUT2D eigenvalue weighted by Crippen LogP contribution is 2.34. The van der Waals surface area contributed by atoms with E-state index in [1.807, 2.05) is 0 Å². The Morgan fingerprint density at radius 3 is 2.83 bits per heavy atom. The minimum Gasteiger partial charge on any atom is -0.310 e. The van der Waals surface area contributed by atoms with E-state index < -0.39 is 11.6 Å². The lowest BCUT2D eigenvalue weighted by Gasteiger charge is -2.19. The number of hydrogen-bond acceptors (Lipinski definition) is 2. The van der Waals surface area contributed by atoms with Crippen molar-refractivity contribution in [2.75, 3.05) is 0 Å². The van der Waals surface area contributed by atoms with E-state index in [4.69, 9.17) is 0 Å². The van der Waals surface area contributed by atoms with E-state index in [-0.39, 0.29) is 0 Å². The lowest BCUT2D eigenvalue weighted by Crippen LogP contribution is -2.31. The van der Waals surface area contributed by atoms with Crippen LogP contribution in [0.3, 0.4) is 0 Å². The molecule has 0 bridgehead atoms. The largest absolute Gasteiger partial charge is 0.310 e. The van der Waals surface area contributed by atoms with Crippen molar-refractivity contribution in [2.45, 2.75) is 25.9 Å². The molecule has 18 heavy (non-hydrogen) atoms. The smallest absolute Gasteiger partial charge is 0.159 e. The van der Waals surface area contributed by atoms with Gasteiger partial charge in [0.1, 0.15) is 0 Å². The Hall–Kier alpha value is -1.26. The molecule has 0 fully saturated rings.